The summed E-state index contributed by atoms with van der Waals surface area (Å²) in [4.78, 5) is 17.0. The lowest BCUT2D eigenvalue weighted by atomic mass is 9.95. The minimum Gasteiger partial charge on any atom is -0.324 e. The summed E-state index contributed by atoms with van der Waals surface area (Å²) < 4.78 is 3.26. The second-order valence-corrected chi connectivity index (χ2v) is 8.34. The van der Waals surface area contributed by atoms with Gasteiger partial charge in [0.1, 0.15) is 0 Å². The molecule has 6 heteroatoms. The number of benzene rings is 1. The molecule has 4 nitrogen and oxygen atoms in total. The van der Waals surface area contributed by atoms with Crippen molar-refractivity contribution < 1.29 is 4.79 Å². The molecule has 1 aromatic carbocycles. The molecule has 0 bridgehead atoms. The van der Waals surface area contributed by atoms with Gasteiger partial charge in [-0.25, -0.2) is 4.98 Å². The summed E-state index contributed by atoms with van der Waals surface area (Å²) in [5, 5.41) is 3.93. The zero-order valence-corrected chi connectivity index (χ0v) is 17.1. The van der Waals surface area contributed by atoms with Gasteiger partial charge in [-0.2, -0.15) is 0 Å². The van der Waals surface area contributed by atoms with Crippen LogP contribution in [0.25, 0.3) is 0 Å². The summed E-state index contributed by atoms with van der Waals surface area (Å²) in [6, 6.07) is 8.19. The highest BCUT2D eigenvalue weighted by molar-refractivity contribution is 9.10. The van der Waals surface area contributed by atoms with Crippen molar-refractivity contribution in [3.63, 3.8) is 0 Å². The molecule has 1 N–H and O–H groups in total. The van der Waals surface area contributed by atoms with Gasteiger partial charge in [0.25, 0.3) is 0 Å². The Morgan fingerprint density at radius 3 is 2.72 bits per heavy atom. The summed E-state index contributed by atoms with van der Waals surface area (Å²) in [7, 11) is 0. The smallest absolute Gasteiger partial charge is 0.234 e. The van der Waals surface area contributed by atoms with E-state index in [2.05, 4.69) is 39.7 Å². The zero-order chi connectivity index (χ0) is 17.8. The van der Waals surface area contributed by atoms with Gasteiger partial charge >= 0.3 is 0 Å². The third-order valence-corrected chi connectivity index (χ3v) is 6.42. The van der Waals surface area contributed by atoms with E-state index in [0.717, 1.165) is 21.0 Å². The molecule has 1 aliphatic carbocycles. The first-order valence-corrected chi connectivity index (χ1v) is 10.6. The van der Waals surface area contributed by atoms with Gasteiger partial charge in [0, 0.05) is 16.2 Å². The predicted octanol–water partition coefficient (Wildman–Crippen LogP) is 5.50. The van der Waals surface area contributed by atoms with Crippen molar-refractivity contribution >= 4 is 39.3 Å². The van der Waals surface area contributed by atoms with E-state index in [4.69, 9.17) is 4.98 Å². The van der Waals surface area contributed by atoms with E-state index in [0.29, 0.717) is 11.8 Å². The van der Waals surface area contributed by atoms with Crippen LogP contribution in [0.4, 0.5) is 5.69 Å². The Balaban J connectivity index is 1.67. The van der Waals surface area contributed by atoms with Crippen LogP contribution in [-0.4, -0.2) is 21.2 Å². The van der Waals surface area contributed by atoms with E-state index in [-0.39, 0.29) is 5.91 Å². The lowest BCUT2D eigenvalue weighted by Gasteiger charge is -2.26. The number of anilines is 1. The number of imidazole rings is 1. The minimum absolute atomic E-state index is 0.00889. The Morgan fingerprint density at radius 2 is 2.00 bits per heavy atom. The van der Waals surface area contributed by atoms with Gasteiger partial charge in [0.2, 0.25) is 5.91 Å². The highest BCUT2D eigenvalue weighted by Gasteiger charge is 2.22. The molecular weight excluding hydrogens is 398 g/mol. The Kier molecular flexibility index (Phi) is 6.23. The molecule has 1 saturated carbocycles. The second-order valence-electron chi connectivity index (χ2n) is 6.54. The molecule has 25 heavy (non-hydrogen) atoms. The van der Waals surface area contributed by atoms with Crippen LogP contribution in [0.3, 0.4) is 0 Å². The average molecular weight is 422 g/mol. The topological polar surface area (TPSA) is 46.9 Å². The number of rotatable bonds is 5. The fraction of sp³-hybridized carbons (Fsp3) is 0.474. The number of hydrogen-bond donors (Lipinski definition) is 1. The maximum atomic E-state index is 12.3. The summed E-state index contributed by atoms with van der Waals surface area (Å²) >= 11 is 4.99. The van der Waals surface area contributed by atoms with Crippen molar-refractivity contribution in [1.82, 2.24) is 9.55 Å². The Hall–Kier alpha value is -1.27. The summed E-state index contributed by atoms with van der Waals surface area (Å²) in [5.74, 6) is 0.356. The number of nitrogens with zero attached hydrogens (tertiary/aromatic N) is 2. The molecule has 134 valence electrons. The number of hydrogen-bond acceptors (Lipinski definition) is 3. The third kappa shape index (κ3) is 4.47. The fourth-order valence-corrected chi connectivity index (χ4v) is 4.69. The van der Waals surface area contributed by atoms with E-state index in [9.17, 15) is 4.79 Å². The maximum Gasteiger partial charge on any atom is 0.234 e. The molecule has 0 aliphatic heterocycles. The third-order valence-electron chi connectivity index (χ3n) is 4.77. The van der Waals surface area contributed by atoms with Crippen LogP contribution in [0, 0.1) is 13.8 Å². The first-order chi connectivity index (χ1) is 12.1. The van der Waals surface area contributed by atoms with E-state index in [1.165, 1.54) is 49.6 Å². The van der Waals surface area contributed by atoms with Crippen molar-refractivity contribution in [3.05, 3.63) is 40.1 Å². The molecule has 2 aromatic rings. The van der Waals surface area contributed by atoms with Crippen LogP contribution in [0.5, 0.6) is 0 Å². The number of halogens is 1. The standard InChI is InChI=1S/C19H24BrN3OS/c1-13-14(2)23(15-8-4-3-5-9-15)19(21-13)25-12-18(24)22-17-11-7-6-10-16(17)20/h6-7,10-11,15H,3-5,8-9,12H2,1-2H3,(H,22,24). The van der Waals surface area contributed by atoms with Crippen LogP contribution in [0.1, 0.15) is 49.5 Å². The van der Waals surface area contributed by atoms with Gasteiger partial charge < -0.3 is 9.88 Å². The molecule has 1 heterocycles. The van der Waals surface area contributed by atoms with Gasteiger partial charge in [-0.05, 0) is 54.8 Å². The monoisotopic (exact) mass is 421 g/mol. The fourth-order valence-electron chi connectivity index (χ4n) is 3.35. The molecule has 1 amide bonds. The lowest BCUT2D eigenvalue weighted by Crippen LogP contribution is -2.17. The van der Waals surface area contributed by atoms with Gasteiger partial charge in [-0.15, -0.1) is 0 Å². The van der Waals surface area contributed by atoms with E-state index in [1.807, 2.05) is 24.3 Å². The predicted molar refractivity (Wildman–Crippen MR) is 107 cm³/mol. The molecule has 3 rings (SSSR count). The number of carbonyl (C=O) groups excluding carboxylic acids is 1. The number of aryl methyl sites for hydroxylation is 1. The number of para-hydroxylation sites is 1. The van der Waals surface area contributed by atoms with Crippen molar-refractivity contribution in [2.45, 2.75) is 57.1 Å². The Labute approximate surface area is 161 Å². The second kappa shape index (κ2) is 8.41. The first-order valence-electron chi connectivity index (χ1n) is 8.79. The molecule has 0 atom stereocenters. The zero-order valence-electron chi connectivity index (χ0n) is 14.7. The highest BCUT2D eigenvalue weighted by Crippen LogP contribution is 2.34. The van der Waals surface area contributed by atoms with Gasteiger partial charge in [0.05, 0.1) is 17.1 Å². The summed E-state index contributed by atoms with van der Waals surface area (Å²) in [5.41, 5.74) is 3.11. The van der Waals surface area contributed by atoms with Crippen LogP contribution < -0.4 is 5.32 Å². The molecule has 0 unspecified atom stereocenters. The van der Waals surface area contributed by atoms with Crippen molar-refractivity contribution in [1.29, 1.82) is 0 Å². The largest absolute Gasteiger partial charge is 0.324 e. The number of carbonyl (C=O) groups is 1. The number of amides is 1. The number of aromatic nitrogens is 2. The van der Waals surface area contributed by atoms with E-state index >= 15 is 0 Å². The number of thioether (sulfide) groups is 1. The van der Waals surface area contributed by atoms with Gasteiger partial charge in [-0.1, -0.05) is 43.2 Å². The van der Waals surface area contributed by atoms with Gasteiger partial charge in [-0.3, -0.25) is 4.79 Å². The molecule has 1 fully saturated rings. The van der Waals surface area contributed by atoms with Crippen LogP contribution in [0.2, 0.25) is 0 Å². The van der Waals surface area contributed by atoms with Crippen LogP contribution in [-0.2, 0) is 4.79 Å². The molecular formula is C19H24BrN3OS. The Morgan fingerprint density at radius 1 is 1.28 bits per heavy atom. The van der Waals surface area contributed by atoms with E-state index in [1.54, 1.807) is 0 Å². The quantitative estimate of drug-likeness (QED) is 0.648. The normalized spacial score (nSPS) is 15.3. The molecule has 0 radical (unpaired) electrons. The molecule has 1 aromatic heterocycles. The molecule has 0 spiro atoms. The number of nitrogens with one attached hydrogen (secondary N) is 1. The minimum atomic E-state index is -0.00889. The summed E-state index contributed by atoms with van der Waals surface area (Å²) in [6.45, 7) is 4.20. The Bertz CT molecular complexity index is 753. The maximum absolute atomic E-state index is 12.3. The van der Waals surface area contributed by atoms with Crippen molar-refractivity contribution in [3.8, 4) is 0 Å². The van der Waals surface area contributed by atoms with Crippen molar-refractivity contribution in [2.75, 3.05) is 11.1 Å². The molecule has 1 aliphatic rings. The van der Waals surface area contributed by atoms with Gasteiger partial charge in [0.15, 0.2) is 5.16 Å². The highest BCUT2D eigenvalue weighted by atomic mass is 79.9. The van der Waals surface area contributed by atoms with Crippen molar-refractivity contribution in [2.24, 2.45) is 0 Å². The SMILES string of the molecule is Cc1nc(SCC(=O)Nc2ccccc2Br)n(C2CCCCC2)c1C. The van der Waals surface area contributed by atoms with Crippen LogP contribution in [0.15, 0.2) is 33.9 Å². The lowest BCUT2D eigenvalue weighted by molar-refractivity contribution is -0.113. The summed E-state index contributed by atoms with van der Waals surface area (Å²) in [6.07, 6.45) is 6.34. The molecule has 0 saturated heterocycles. The van der Waals surface area contributed by atoms with E-state index < -0.39 is 0 Å². The van der Waals surface area contributed by atoms with Crippen LogP contribution >= 0.6 is 27.7 Å². The first kappa shape index (κ1) is 18.5. The average Bonchev–Trinajstić information content (AvgIpc) is 2.90.